The molecule has 0 saturated heterocycles. The Morgan fingerprint density at radius 3 is 3.00 bits per heavy atom. The van der Waals surface area contributed by atoms with Gasteiger partial charge in [0.2, 0.25) is 0 Å². The van der Waals surface area contributed by atoms with Crippen molar-refractivity contribution in [2.75, 3.05) is 5.88 Å². The maximum absolute atomic E-state index is 11.3. The van der Waals surface area contributed by atoms with E-state index in [9.17, 15) is 9.90 Å². The summed E-state index contributed by atoms with van der Waals surface area (Å²) in [7, 11) is 0. The Labute approximate surface area is 96.8 Å². The molecule has 0 aliphatic carbocycles. The number of nitrogens with zero attached hydrogens (tertiary/aromatic N) is 1. The number of hydrogen-bond donors (Lipinski definition) is 1. The molecule has 0 atom stereocenters. The van der Waals surface area contributed by atoms with Gasteiger partial charge in [0.15, 0.2) is 0 Å². The molecule has 0 unspecified atom stereocenters. The molecule has 5 heteroatoms. The third-order valence-electron chi connectivity index (χ3n) is 2.08. The lowest BCUT2D eigenvalue weighted by Crippen LogP contribution is -2.06. The van der Waals surface area contributed by atoms with Crippen molar-refractivity contribution < 1.29 is 14.7 Å². The van der Waals surface area contributed by atoms with Gasteiger partial charge in [0.05, 0.1) is 11.5 Å². The maximum atomic E-state index is 11.3. The number of halogens is 1. The maximum Gasteiger partial charge on any atom is 0.367 e. The summed E-state index contributed by atoms with van der Waals surface area (Å²) >= 11 is 5.61. The molecule has 16 heavy (non-hydrogen) atoms. The van der Waals surface area contributed by atoms with Crippen molar-refractivity contribution in [1.29, 1.82) is 0 Å². The highest BCUT2D eigenvalue weighted by atomic mass is 35.5. The molecule has 4 nitrogen and oxygen atoms in total. The fourth-order valence-corrected chi connectivity index (χ4v) is 1.53. The molecule has 0 saturated carbocycles. The first-order valence-corrected chi connectivity index (χ1v) is 5.09. The van der Waals surface area contributed by atoms with E-state index in [4.69, 9.17) is 11.6 Å². The van der Waals surface area contributed by atoms with E-state index in [0.29, 0.717) is 16.8 Å². The third-order valence-corrected chi connectivity index (χ3v) is 2.33. The predicted octanol–water partition coefficient (Wildman–Crippen LogP) is 1.93. The fraction of sp³-hybridized carbons (Fsp3) is 0.0909. The van der Waals surface area contributed by atoms with E-state index in [0.717, 1.165) is 0 Å². The van der Waals surface area contributed by atoms with Crippen molar-refractivity contribution in [3.8, 4) is 5.75 Å². The van der Waals surface area contributed by atoms with Crippen LogP contribution in [0.3, 0.4) is 0 Å². The molecule has 0 spiro atoms. The van der Waals surface area contributed by atoms with Gasteiger partial charge < -0.3 is 9.94 Å². The number of aromatic hydroxyl groups is 1. The smallest absolute Gasteiger partial charge is 0.367 e. The Morgan fingerprint density at radius 1 is 1.50 bits per heavy atom. The van der Waals surface area contributed by atoms with Gasteiger partial charge in [0.25, 0.3) is 0 Å². The molecule has 1 aromatic rings. The van der Waals surface area contributed by atoms with Gasteiger partial charge in [-0.1, -0.05) is 17.3 Å². The summed E-state index contributed by atoms with van der Waals surface area (Å²) in [5.41, 5.74) is 1.40. The number of alkyl halides is 1. The van der Waals surface area contributed by atoms with E-state index in [1.165, 1.54) is 6.07 Å². The van der Waals surface area contributed by atoms with Gasteiger partial charge >= 0.3 is 5.97 Å². The molecule has 1 aliphatic heterocycles. The van der Waals surface area contributed by atoms with Crippen molar-refractivity contribution in [2.24, 2.45) is 5.16 Å². The van der Waals surface area contributed by atoms with Gasteiger partial charge in [0.1, 0.15) is 11.5 Å². The van der Waals surface area contributed by atoms with Crippen LogP contribution < -0.4 is 0 Å². The Bertz CT molecular complexity index is 494. The number of oxime groups is 1. The summed E-state index contributed by atoms with van der Waals surface area (Å²) in [6, 6.07) is 6.51. The molecule has 0 bridgehead atoms. The average molecular weight is 238 g/mol. The predicted molar refractivity (Wildman–Crippen MR) is 60.3 cm³/mol. The molecule has 1 N–H and O–H groups in total. The second kappa shape index (κ2) is 4.37. The summed E-state index contributed by atoms with van der Waals surface area (Å²) in [4.78, 5) is 15.8. The van der Waals surface area contributed by atoms with Gasteiger partial charge in [0, 0.05) is 0 Å². The molecule has 0 fully saturated rings. The Kier molecular flexibility index (Phi) is 2.92. The molecule has 82 valence electrons. The number of carbonyl (C=O) groups excluding carboxylic acids is 1. The minimum atomic E-state index is -0.529. The largest absolute Gasteiger partial charge is 0.508 e. The van der Waals surface area contributed by atoms with Crippen LogP contribution in [0.1, 0.15) is 5.56 Å². The minimum Gasteiger partial charge on any atom is -0.508 e. The van der Waals surface area contributed by atoms with Gasteiger partial charge in [-0.2, -0.15) is 0 Å². The van der Waals surface area contributed by atoms with E-state index < -0.39 is 5.97 Å². The van der Waals surface area contributed by atoms with E-state index in [1.54, 1.807) is 24.3 Å². The quantitative estimate of drug-likeness (QED) is 0.486. The summed E-state index contributed by atoms with van der Waals surface area (Å²) in [5.74, 6) is -0.291. The highest BCUT2D eigenvalue weighted by molar-refractivity contribution is 6.38. The molecule has 0 aromatic heterocycles. The van der Waals surface area contributed by atoms with Crippen LogP contribution in [0.25, 0.3) is 6.08 Å². The third kappa shape index (κ3) is 2.06. The average Bonchev–Trinajstić information content (AvgIpc) is 2.60. The van der Waals surface area contributed by atoms with Crippen LogP contribution in [0.5, 0.6) is 5.75 Å². The van der Waals surface area contributed by atoms with Crippen LogP contribution in [0, 0.1) is 0 Å². The number of benzene rings is 1. The van der Waals surface area contributed by atoms with Crippen LogP contribution in [-0.2, 0) is 9.63 Å². The zero-order chi connectivity index (χ0) is 11.5. The zero-order valence-electron chi connectivity index (χ0n) is 8.18. The first kappa shape index (κ1) is 10.7. The number of hydrogen-bond acceptors (Lipinski definition) is 4. The van der Waals surface area contributed by atoms with Crippen LogP contribution in [0.4, 0.5) is 0 Å². The molecule has 1 heterocycles. The topological polar surface area (TPSA) is 58.9 Å². The fourth-order valence-electron chi connectivity index (χ4n) is 1.33. The van der Waals surface area contributed by atoms with E-state index in [1.807, 2.05) is 0 Å². The van der Waals surface area contributed by atoms with Crippen molar-refractivity contribution in [3.05, 3.63) is 35.4 Å². The monoisotopic (exact) mass is 237 g/mol. The molecule has 0 radical (unpaired) electrons. The second-order valence-electron chi connectivity index (χ2n) is 3.20. The first-order valence-electron chi connectivity index (χ1n) is 4.56. The van der Waals surface area contributed by atoms with Crippen molar-refractivity contribution in [3.63, 3.8) is 0 Å². The summed E-state index contributed by atoms with van der Waals surface area (Å²) in [5, 5.41) is 12.8. The van der Waals surface area contributed by atoms with Gasteiger partial charge in [-0.3, -0.25) is 0 Å². The highest BCUT2D eigenvalue weighted by Crippen LogP contribution is 2.18. The molecular weight excluding hydrogens is 230 g/mol. The minimum absolute atomic E-state index is 0.108. The summed E-state index contributed by atoms with van der Waals surface area (Å²) in [6.07, 6.45) is 1.58. The van der Waals surface area contributed by atoms with Gasteiger partial charge in [-0.15, -0.1) is 11.6 Å². The molecule has 2 rings (SSSR count). The molecule has 0 amide bonds. The normalized spacial score (nSPS) is 17.4. The Hall–Kier alpha value is -1.81. The van der Waals surface area contributed by atoms with E-state index >= 15 is 0 Å². The molecule has 1 aromatic carbocycles. The lowest BCUT2D eigenvalue weighted by Gasteiger charge is -1.97. The van der Waals surface area contributed by atoms with Crippen molar-refractivity contribution in [2.45, 2.75) is 0 Å². The van der Waals surface area contributed by atoms with Crippen LogP contribution in [0.2, 0.25) is 0 Å². The second-order valence-corrected chi connectivity index (χ2v) is 3.47. The number of phenolic OH excluding ortho intramolecular Hbond substituents is 1. The van der Waals surface area contributed by atoms with E-state index in [-0.39, 0.29) is 11.6 Å². The first-order chi connectivity index (χ1) is 7.70. The lowest BCUT2D eigenvalue weighted by atomic mass is 10.1. The zero-order valence-corrected chi connectivity index (χ0v) is 8.94. The SMILES string of the molecule is O=C1ON=C(CCl)/C1=C/c1cccc(O)c1. The van der Waals surface area contributed by atoms with Crippen LogP contribution in [-0.4, -0.2) is 22.7 Å². The number of rotatable bonds is 2. The Morgan fingerprint density at radius 2 is 2.31 bits per heavy atom. The Balaban J connectivity index is 2.37. The highest BCUT2D eigenvalue weighted by Gasteiger charge is 2.24. The lowest BCUT2D eigenvalue weighted by molar-refractivity contribution is -0.136. The molecule has 1 aliphatic rings. The standard InChI is InChI=1S/C11H8ClNO3/c12-6-10-9(11(15)16-13-10)5-7-2-1-3-8(14)4-7/h1-5,14H,6H2/b9-5-. The molecular formula is C11H8ClNO3. The van der Waals surface area contributed by atoms with Crippen LogP contribution >= 0.6 is 11.6 Å². The van der Waals surface area contributed by atoms with Gasteiger partial charge in [-0.25, -0.2) is 4.79 Å². The van der Waals surface area contributed by atoms with E-state index in [2.05, 4.69) is 9.99 Å². The number of phenols is 1. The summed E-state index contributed by atoms with van der Waals surface area (Å²) < 4.78 is 0. The van der Waals surface area contributed by atoms with Crippen LogP contribution in [0.15, 0.2) is 35.0 Å². The number of carbonyl (C=O) groups is 1. The van der Waals surface area contributed by atoms with Crippen molar-refractivity contribution >= 4 is 29.4 Å². The van der Waals surface area contributed by atoms with Gasteiger partial charge in [-0.05, 0) is 23.8 Å². The van der Waals surface area contributed by atoms with Crippen molar-refractivity contribution in [1.82, 2.24) is 0 Å². The summed E-state index contributed by atoms with van der Waals surface area (Å²) in [6.45, 7) is 0.